The van der Waals surface area contributed by atoms with E-state index in [4.69, 9.17) is 5.73 Å². The Morgan fingerprint density at radius 1 is 0.829 bits per heavy atom. The number of rotatable bonds is 13. The Balaban J connectivity index is 2.40. The lowest BCUT2D eigenvalue weighted by Gasteiger charge is -2.37. The third-order valence-corrected chi connectivity index (χ3v) is 7.27. The quantitative estimate of drug-likeness (QED) is 0.126. The molecule has 0 aliphatic rings. The molecule has 2 aromatic carbocycles. The lowest BCUT2D eigenvalue weighted by molar-refractivity contribution is -0.285. The molecule has 0 saturated carbocycles. The van der Waals surface area contributed by atoms with Crippen molar-refractivity contribution in [3.63, 3.8) is 0 Å². The van der Waals surface area contributed by atoms with Crippen LogP contribution in [0.2, 0.25) is 0 Å². The van der Waals surface area contributed by atoms with Crippen LogP contribution in [0.5, 0.6) is 0 Å². The van der Waals surface area contributed by atoms with Crippen molar-refractivity contribution in [1.82, 2.24) is 15.7 Å². The van der Waals surface area contributed by atoms with Crippen molar-refractivity contribution >= 4 is 29.2 Å². The molecule has 0 aliphatic carbocycles. The normalized spacial score (nSPS) is 17.7. The fourth-order valence-electron chi connectivity index (χ4n) is 4.54. The Bertz CT molecular complexity index is 1390. The molecule has 3 unspecified atom stereocenters. The van der Waals surface area contributed by atoms with Crippen molar-refractivity contribution in [3.8, 4) is 0 Å². The summed E-state index contributed by atoms with van der Waals surface area (Å²) in [7, 11) is 0. The van der Waals surface area contributed by atoms with Crippen LogP contribution >= 0.6 is 11.3 Å². The summed E-state index contributed by atoms with van der Waals surface area (Å²) in [5.41, 5.74) is 3.99. The van der Waals surface area contributed by atoms with Gasteiger partial charge in [-0.05, 0) is 16.7 Å². The Hall–Kier alpha value is -4.06. The summed E-state index contributed by atoms with van der Waals surface area (Å²) >= 11 is 0.638. The molecule has 1 aromatic heterocycles. The van der Waals surface area contributed by atoms with E-state index in [1.807, 2.05) is 0 Å². The number of hydrogen-bond donors (Lipinski definition) is 4. The highest BCUT2D eigenvalue weighted by Gasteiger charge is 2.61. The fourth-order valence-corrected chi connectivity index (χ4v) is 5.36. The number of carboxylic acids is 3. The number of alkyl halides is 2. The van der Waals surface area contributed by atoms with Crippen molar-refractivity contribution < 1.29 is 56.4 Å². The molecule has 0 bridgehead atoms. The van der Waals surface area contributed by atoms with Crippen molar-refractivity contribution in [3.05, 3.63) is 87.9 Å². The van der Waals surface area contributed by atoms with Crippen LogP contribution in [-0.4, -0.2) is 66.5 Å². The second-order valence-corrected chi connectivity index (χ2v) is 9.60. The molecule has 10 nitrogen and oxygen atoms in total. The van der Waals surface area contributed by atoms with Gasteiger partial charge in [-0.15, -0.1) is 11.3 Å². The van der Waals surface area contributed by atoms with Gasteiger partial charge in [0.1, 0.15) is 6.04 Å². The van der Waals surface area contributed by atoms with Gasteiger partial charge in [0.2, 0.25) is 0 Å². The summed E-state index contributed by atoms with van der Waals surface area (Å²) in [6.07, 6.45) is 1.09. The molecule has 3 rings (SSSR count). The predicted molar refractivity (Wildman–Crippen MR) is 129 cm³/mol. The summed E-state index contributed by atoms with van der Waals surface area (Å²) in [5, 5.41) is 25.0. The number of hydrogen-bond acceptors (Lipinski definition) is 8. The van der Waals surface area contributed by atoms with E-state index in [1.54, 1.807) is 0 Å². The zero-order valence-electron chi connectivity index (χ0n) is 20.3. The van der Waals surface area contributed by atoms with E-state index >= 15 is 8.78 Å². The first-order valence-electron chi connectivity index (χ1n) is 11.3. The van der Waals surface area contributed by atoms with E-state index in [9.17, 15) is 47.6 Å². The average Bonchev–Trinajstić information content (AvgIpc) is 3.45. The second-order valence-electron chi connectivity index (χ2n) is 8.67. The van der Waals surface area contributed by atoms with Gasteiger partial charge in [0.15, 0.2) is 0 Å². The van der Waals surface area contributed by atoms with Gasteiger partial charge < -0.3 is 21.1 Å². The standard InChI is InChI=1S/C24H20F6N4O6S/c25-23(21(37)38,33(27)28)16(12-5-2-1-3-6-12)13-7-4-8-14(11-13)17(24(26,22(39)40)34(29)30)15(18(31)20(35)36)19-32-9-10-41-19/h1-11,15-18H,31H2,(H,35,36)(H,37,38)(H,39,40)/t15?,16?,17?,18-,23-,24-/m0/s1. The molecule has 0 spiro atoms. The zero-order chi connectivity index (χ0) is 30.7. The molecule has 5 N–H and O–H groups in total. The minimum absolute atomic E-state index is 0.340. The monoisotopic (exact) mass is 606 g/mol. The first kappa shape index (κ1) is 31.5. The van der Waals surface area contributed by atoms with E-state index in [1.165, 1.54) is 23.6 Å². The maximum atomic E-state index is 16.0. The topological polar surface area (TPSA) is 157 Å². The first-order chi connectivity index (χ1) is 19.2. The Morgan fingerprint density at radius 3 is 1.83 bits per heavy atom. The van der Waals surface area contributed by atoms with Gasteiger partial charge in [-0.25, -0.2) is 23.4 Å². The van der Waals surface area contributed by atoms with E-state index in [0.29, 0.717) is 17.4 Å². The largest absolute Gasteiger partial charge is 0.480 e. The third kappa shape index (κ3) is 5.74. The van der Waals surface area contributed by atoms with E-state index < -0.39 is 75.1 Å². The van der Waals surface area contributed by atoms with E-state index in [0.717, 1.165) is 36.5 Å². The van der Waals surface area contributed by atoms with Crippen LogP contribution in [0.25, 0.3) is 0 Å². The number of benzene rings is 2. The highest BCUT2D eigenvalue weighted by molar-refractivity contribution is 7.09. The minimum Gasteiger partial charge on any atom is -0.480 e. The maximum absolute atomic E-state index is 16.0. The smallest absolute Gasteiger partial charge is 0.363 e. The number of aromatic nitrogens is 1. The Morgan fingerprint density at radius 2 is 1.37 bits per heavy atom. The van der Waals surface area contributed by atoms with Gasteiger partial charge in [-0.3, -0.25) is 4.79 Å². The van der Waals surface area contributed by atoms with Crippen LogP contribution in [-0.2, 0) is 14.4 Å². The Labute approximate surface area is 230 Å². The molecule has 17 heteroatoms. The molecule has 6 atom stereocenters. The maximum Gasteiger partial charge on any atom is 0.363 e. The molecular formula is C24H20F6N4O6S. The fraction of sp³-hybridized carbons (Fsp3) is 0.250. The molecule has 41 heavy (non-hydrogen) atoms. The van der Waals surface area contributed by atoms with Crippen LogP contribution in [0.4, 0.5) is 26.7 Å². The molecule has 3 aromatic rings. The van der Waals surface area contributed by atoms with E-state index in [2.05, 4.69) is 4.98 Å². The molecule has 220 valence electrons. The number of nitrogens with two attached hydrogens (primary N) is 1. The van der Waals surface area contributed by atoms with Crippen LogP contribution < -0.4 is 5.73 Å². The van der Waals surface area contributed by atoms with Crippen molar-refractivity contribution in [2.75, 3.05) is 0 Å². The lowest BCUT2D eigenvalue weighted by Crippen LogP contribution is -2.54. The number of thiazole rings is 1. The van der Waals surface area contributed by atoms with Crippen LogP contribution in [0.1, 0.15) is 39.5 Å². The van der Waals surface area contributed by atoms with Crippen molar-refractivity contribution in [2.45, 2.75) is 35.4 Å². The summed E-state index contributed by atoms with van der Waals surface area (Å²) < 4.78 is 87.6. The summed E-state index contributed by atoms with van der Waals surface area (Å²) in [5.74, 6) is -23.7. The lowest BCUT2D eigenvalue weighted by atomic mass is 9.74. The molecule has 1 heterocycles. The number of aliphatic carboxylic acids is 3. The predicted octanol–water partition coefficient (Wildman–Crippen LogP) is 4.20. The van der Waals surface area contributed by atoms with Gasteiger partial charge in [0.25, 0.3) is 0 Å². The van der Waals surface area contributed by atoms with Gasteiger partial charge in [0.05, 0.1) is 27.5 Å². The second kappa shape index (κ2) is 12.2. The average molecular weight is 607 g/mol. The van der Waals surface area contributed by atoms with Crippen LogP contribution in [0.15, 0.2) is 66.2 Å². The first-order valence-corrected chi connectivity index (χ1v) is 12.2. The third-order valence-electron chi connectivity index (χ3n) is 6.39. The summed E-state index contributed by atoms with van der Waals surface area (Å²) in [6, 6.07) is 7.24. The molecule has 0 radical (unpaired) electrons. The molecule has 0 saturated heterocycles. The van der Waals surface area contributed by atoms with Crippen LogP contribution in [0.3, 0.4) is 0 Å². The highest BCUT2D eigenvalue weighted by atomic mass is 32.1. The Kier molecular flexibility index (Phi) is 9.37. The number of carboxylic acid groups (broad SMARTS) is 3. The number of nitrogens with zero attached hydrogens (tertiary/aromatic N) is 3. The highest BCUT2D eigenvalue weighted by Crippen LogP contribution is 2.49. The van der Waals surface area contributed by atoms with Gasteiger partial charge >= 0.3 is 29.5 Å². The van der Waals surface area contributed by atoms with Gasteiger partial charge in [-0.1, -0.05) is 72.5 Å². The molecule has 0 fully saturated rings. The number of carbonyl (C=O) groups is 3. The SMILES string of the molecule is N[C@H](C(=O)O)C(c1nccs1)C(c1cccc(C(c2ccccc2)[C@@](F)(C(=O)O)N(F)F)c1)[C@@](F)(C(=O)O)N(F)F. The van der Waals surface area contributed by atoms with Crippen molar-refractivity contribution in [1.29, 1.82) is 0 Å². The summed E-state index contributed by atoms with van der Waals surface area (Å²) in [6.45, 7) is 0. The molecule has 0 amide bonds. The minimum atomic E-state index is -4.70. The van der Waals surface area contributed by atoms with Gasteiger partial charge in [-0.2, -0.15) is 0 Å². The number of halogens is 6. The van der Waals surface area contributed by atoms with Crippen molar-refractivity contribution in [2.24, 2.45) is 5.73 Å². The molecular weight excluding hydrogens is 586 g/mol. The molecule has 0 aliphatic heterocycles. The van der Waals surface area contributed by atoms with E-state index in [-0.39, 0.29) is 10.6 Å². The zero-order valence-corrected chi connectivity index (χ0v) is 21.1. The summed E-state index contributed by atoms with van der Waals surface area (Å²) in [4.78, 5) is 39.4. The van der Waals surface area contributed by atoms with Gasteiger partial charge in [0, 0.05) is 17.5 Å². The van der Waals surface area contributed by atoms with Crippen LogP contribution in [0, 0.1) is 0 Å².